The van der Waals surface area contributed by atoms with Crippen molar-refractivity contribution in [3.63, 3.8) is 0 Å². The third-order valence-electron chi connectivity index (χ3n) is 5.04. The predicted octanol–water partition coefficient (Wildman–Crippen LogP) is 3.75. The lowest BCUT2D eigenvalue weighted by Crippen LogP contribution is -2.29. The third-order valence-corrected chi connectivity index (χ3v) is 5.98. The lowest BCUT2D eigenvalue weighted by Gasteiger charge is -2.15. The van der Waals surface area contributed by atoms with Crippen LogP contribution in [0.2, 0.25) is 0 Å². The molecule has 3 rings (SSSR count). The Kier molecular flexibility index (Phi) is 7.65. The zero-order valence-corrected chi connectivity index (χ0v) is 18.4. The van der Waals surface area contributed by atoms with Gasteiger partial charge in [0.1, 0.15) is 0 Å². The maximum Gasteiger partial charge on any atom is 0.266 e. The van der Waals surface area contributed by atoms with Gasteiger partial charge >= 0.3 is 0 Å². The van der Waals surface area contributed by atoms with Crippen LogP contribution in [0.4, 0.5) is 0 Å². The van der Waals surface area contributed by atoms with Crippen molar-refractivity contribution in [2.75, 3.05) is 26.0 Å². The highest BCUT2D eigenvalue weighted by molar-refractivity contribution is 7.99. The number of nitrogens with zero attached hydrogens (tertiary/aromatic N) is 2. The van der Waals surface area contributed by atoms with Crippen molar-refractivity contribution in [3.05, 3.63) is 64.4 Å². The number of carbonyl (C=O) groups excluding carboxylic acids is 1. The number of methoxy groups -OCH3 is 1. The molecule has 0 spiro atoms. The van der Waals surface area contributed by atoms with E-state index in [-0.39, 0.29) is 17.2 Å². The Morgan fingerprint density at radius 1 is 1.20 bits per heavy atom. The van der Waals surface area contributed by atoms with Crippen LogP contribution < -0.4 is 10.9 Å². The van der Waals surface area contributed by atoms with Gasteiger partial charge in [0.2, 0.25) is 5.91 Å². The molecular formula is C23H27N3O3S. The minimum Gasteiger partial charge on any atom is -0.383 e. The number of nitrogens with one attached hydrogen (secondary N) is 1. The quantitative estimate of drug-likeness (QED) is 0.321. The van der Waals surface area contributed by atoms with Gasteiger partial charge in [0.25, 0.3) is 5.56 Å². The van der Waals surface area contributed by atoms with Crippen molar-refractivity contribution in [1.29, 1.82) is 0 Å². The maximum absolute atomic E-state index is 13.3. The van der Waals surface area contributed by atoms with Gasteiger partial charge in [-0.15, -0.1) is 0 Å². The summed E-state index contributed by atoms with van der Waals surface area (Å²) in [6.45, 7) is 5.24. The van der Waals surface area contributed by atoms with E-state index in [0.717, 1.165) is 12.1 Å². The molecule has 0 fully saturated rings. The third kappa shape index (κ3) is 5.09. The van der Waals surface area contributed by atoms with E-state index in [1.165, 1.54) is 17.3 Å². The smallest absolute Gasteiger partial charge is 0.266 e. The second-order valence-corrected chi connectivity index (χ2v) is 8.03. The van der Waals surface area contributed by atoms with Gasteiger partial charge in [-0.05, 0) is 42.2 Å². The molecule has 0 bridgehead atoms. The SMILES string of the molecule is CC[C@@H](C)c1ccc(-n2c(SCC(=O)NCCOC)nc3ccccc3c2=O)cc1. The molecule has 1 amide bonds. The Morgan fingerprint density at radius 3 is 2.63 bits per heavy atom. The summed E-state index contributed by atoms with van der Waals surface area (Å²) in [6, 6.07) is 15.3. The topological polar surface area (TPSA) is 73.2 Å². The van der Waals surface area contributed by atoms with Crippen molar-refractivity contribution in [1.82, 2.24) is 14.9 Å². The largest absolute Gasteiger partial charge is 0.383 e. The van der Waals surface area contributed by atoms with E-state index in [2.05, 4.69) is 36.3 Å². The predicted molar refractivity (Wildman–Crippen MR) is 122 cm³/mol. The van der Waals surface area contributed by atoms with E-state index in [1.807, 2.05) is 30.3 Å². The molecule has 158 valence electrons. The molecule has 0 saturated carbocycles. The van der Waals surface area contributed by atoms with E-state index >= 15 is 0 Å². The normalized spacial score (nSPS) is 12.1. The van der Waals surface area contributed by atoms with E-state index in [1.54, 1.807) is 17.7 Å². The minimum absolute atomic E-state index is 0.127. The maximum atomic E-state index is 13.3. The van der Waals surface area contributed by atoms with Gasteiger partial charge in [0.15, 0.2) is 5.16 Å². The summed E-state index contributed by atoms with van der Waals surface area (Å²) in [5.41, 5.74) is 2.46. The monoisotopic (exact) mass is 425 g/mol. The number of para-hydroxylation sites is 1. The highest BCUT2D eigenvalue weighted by atomic mass is 32.2. The number of thioether (sulfide) groups is 1. The summed E-state index contributed by atoms with van der Waals surface area (Å²) in [5.74, 6) is 0.493. The van der Waals surface area contributed by atoms with Gasteiger partial charge in [-0.2, -0.15) is 0 Å². The molecule has 0 unspecified atom stereocenters. The average molecular weight is 426 g/mol. The number of fused-ring (bicyclic) bond motifs is 1. The molecule has 1 aromatic heterocycles. The molecule has 3 aromatic rings. The van der Waals surface area contributed by atoms with Crippen molar-refractivity contribution in [2.24, 2.45) is 0 Å². The first-order valence-electron chi connectivity index (χ1n) is 10.1. The lowest BCUT2D eigenvalue weighted by atomic mass is 9.98. The Labute approximate surface area is 180 Å². The van der Waals surface area contributed by atoms with Crippen molar-refractivity contribution in [3.8, 4) is 5.69 Å². The molecule has 0 aliphatic rings. The summed E-state index contributed by atoms with van der Waals surface area (Å²) >= 11 is 1.25. The van der Waals surface area contributed by atoms with Gasteiger partial charge in [-0.25, -0.2) is 4.98 Å². The Hall–Kier alpha value is -2.64. The molecule has 0 saturated heterocycles. The highest BCUT2D eigenvalue weighted by Gasteiger charge is 2.15. The van der Waals surface area contributed by atoms with E-state index in [0.29, 0.717) is 35.1 Å². The number of rotatable bonds is 9. The van der Waals surface area contributed by atoms with Crippen LogP contribution in [0, 0.1) is 0 Å². The van der Waals surface area contributed by atoms with Gasteiger partial charge in [0, 0.05) is 13.7 Å². The van der Waals surface area contributed by atoms with Crippen LogP contribution in [0.15, 0.2) is 58.5 Å². The standard InChI is InChI=1S/C23H27N3O3S/c1-4-16(2)17-9-11-18(12-10-17)26-22(28)19-7-5-6-8-20(19)25-23(26)30-15-21(27)24-13-14-29-3/h5-12,16H,4,13-15H2,1-3H3,(H,24,27)/t16-/m1/s1. The summed E-state index contributed by atoms with van der Waals surface area (Å²) < 4.78 is 6.54. The van der Waals surface area contributed by atoms with Crippen molar-refractivity contribution < 1.29 is 9.53 Å². The van der Waals surface area contributed by atoms with E-state index in [4.69, 9.17) is 4.74 Å². The molecular weight excluding hydrogens is 398 g/mol. The Balaban J connectivity index is 1.97. The summed E-state index contributed by atoms with van der Waals surface area (Å²) in [5, 5.41) is 3.84. The van der Waals surface area contributed by atoms with Gasteiger partial charge in [-0.3, -0.25) is 14.2 Å². The van der Waals surface area contributed by atoms with Gasteiger partial charge < -0.3 is 10.1 Å². The number of benzene rings is 2. The summed E-state index contributed by atoms with van der Waals surface area (Å²) in [6.07, 6.45) is 1.05. The Morgan fingerprint density at radius 2 is 1.93 bits per heavy atom. The molecule has 6 nitrogen and oxygen atoms in total. The van der Waals surface area contributed by atoms with Crippen LogP contribution in [0.3, 0.4) is 0 Å². The molecule has 1 heterocycles. The number of ether oxygens (including phenoxy) is 1. The highest BCUT2D eigenvalue weighted by Crippen LogP contribution is 2.24. The zero-order valence-electron chi connectivity index (χ0n) is 17.6. The minimum atomic E-state index is -0.140. The van der Waals surface area contributed by atoms with Crippen LogP contribution in [-0.2, 0) is 9.53 Å². The first-order valence-corrected chi connectivity index (χ1v) is 11.0. The number of carbonyl (C=O) groups is 1. The van der Waals surface area contributed by atoms with Crippen LogP contribution in [-0.4, -0.2) is 41.5 Å². The van der Waals surface area contributed by atoms with Crippen molar-refractivity contribution >= 4 is 28.6 Å². The summed E-state index contributed by atoms with van der Waals surface area (Å²) in [7, 11) is 1.59. The second kappa shape index (κ2) is 10.4. The number of hydrogen-bond donors (Lipinski definition) is 1. The zero-order chi connectivity index (χ0) is 21.5. The van der Waals surface area contributed by atoms with Gasteiger partial charge in [0.05, 0.1) is 29.0 Å². The Bertz CT molecular complexity index is 1060. The average Bonchev–Trinajstić information content (AvgIpc) is 2.77. The second-order valence-electron chi connectivity index (χ2n) is 7.08. The summed E-state index contributed by atoms with van der Waals surface area (Å²) in [4.78, 5) is 30.1. The molecule has 1 N–H and O–H groups in total. The fraction of sp³-hybridized carbons (Fsp3) is 0.348. The first-order chi connectivity index (χ1) is 14.5. The molecule has 0 aliphatic carbocycles. The van der Waals surface area contributed by atoms with Crippen LogP contribution in [0.25, 0.3) is 16.6 Å². The number of hydrogen-bond acceptors (Lipinski definition) is 5. The fourth-order valence-electron chi connectivity index (χ4n) is 3.10. The molecule has 0 radical (unpaired) electrons. The van der Waals surface area contributed by atoms with Crippen molar-refractivity contribution in [2.45, 2.75) is 31.3 Å². The van der Waals surface area contributed by atoms with E-state index < -0.39 is 0 Å². The van der Waals surface area contributed by atoms with Crippen LogP contribution in [0.1, 0.15) is 31.7 Å². The molecule has 0 aliphatic heterocycles. The molecule has 1 atom stereocenters. The van der Waals surface area contributed by atoms with Crippen LogP contribution >= 0.6 is 11.8 Å². The molecule has 30 heavy (non-hydrogen) atoms. The molecule has 2 aromatic carbocycles. The number of aromatic nitrogens is 2. The molecule has 7 heteroatoms. The van der Waals surface area contributed by atoms with Crippen LogP contribution in [0.5, 0.6) is 0 Å². The van der Waals surface area contributed by atoms with Gasteiger partial charge in [-0.1, -0.05) is 49.9 Å². The fourth-order valence-corrected chi connectivity index (χ4v) is 3.94. The number of amides is 1. The lowest BCUT2D eigenvalue weighted by molar-refractivity contribution is -0.118. The first kappa shape index (κ1) is 22.1. The van der Waals surface area contributed by atoms with E-state index in [9.17, 15) is 9.59 Å².